The van der Waals surface area contributed by atoms with E-state index in [0.717, 1.165) is 18.5 Å². The van der Waals surface area contributed by atoms with Crippen LogP contribution in [0.1, 0.15) is 25.3 Å². The van der Waals surface area contributed by atoms with Gasteiger partial charge in [-0.2, -0.15) is 4.31 Å². The summed E-state index contributed by atoms with van der Waals surface area (Å²) in [7, 11) is -3.50. The van der Waals surface area contributed by atoms with Gasteiger partial charge < -0.3 is 4.90 Å². The van der Waals surface area contributed by atoms with Crippen LogP contribution in [0.3, 0.4) is 0 Å². The second-order valence-corrected chi connectivity index (χ2v) is 10.1. The highest BCUT2D eigenvalue weighted by Gasteiger charge is 2.39. The van der Waals surface area contributed by atoms with Gasteiger partial charge in [0.15, 0.2) is 0 Å². The maximum absolute atomic E-state index is 13.2. The molecule has 1 aromatic heterocycles. The molecule has 0 unspecified atom stereocenters. The molecule has 2 aliphatic heterocycles. The van der Waals surface area contributed by atoms with Crippen molar-refractivity contribution >= 4 is 33.0 Å². The second kappa shape index (κ2) is 6.79. The Kier molecular flexibility index (Phi) is 4.62. The fraction of sp³-hybridized carbons (Fsp3) is 0.421. The van der Waals surface area contributed by atoms with E-state index in [4.69, 9.17) is 0 Å². The van der Waals surface area contributed by atoms with Gasteiger partial charge in [-0.25, -0.2) is 8.42 Å². The third-order valence-corrected chi connectivity index (χ3v) is 8.51. The lowest BCUT2D eigenvalue weighted by molar-refractivity contribution is -0.123. The second-order valence-electron chi connectivity index (χ2n) is 7.02. The highest BCUT2D eigenvalue weighted by atomic mass is 32.2. The maximum Gasteiger partial charge on any atom is 0.252 e. The van der Waals surface area contributed by atoms with Gasteiger partial charge >= 0.3 is 0 Å². The average Bonchev–Trinajstić information content (AvgIpc) is 3.29. The lowest BCUT2D eigenvalue weighted by Crippen LogP contribution is -2.48. The number of nitrogens with zero attached hydrogens (tertiary/aromatic N) is 2. The number of sulfonamides is 1. The van der Waals surface area contributed by atoms with Crippen LogP contribution in [0.25, 0.3) is 0 Å². The summed E-state index contributed by atoms with van der Waals surface area (Å²) in [5.41, 5.74) is 2.16. The van der Waals surface area contributed by atoms with Crippen molar-refractivity contribution in [3.05, 3.63) is 47.3 Å². The Morgan fingerprint density at radius 2 is 2.00 bits per heavy atom. The minimum Gasteiger partial charge on any atom is -0.309 e. The molecule has 3 heterocycles. The van der Waals surface area contributed by atoms with E-state index in [-0.39, 0.29) is 24.4 Å². The van der Waals surface area contributed by atoms with Crippen molar-refractivity contribution in [2.75, 3.05) is 18.0 Å². The number of benzene rings is 1. The maximum atomic E-state index is 13.2. The zero-order valence-electron chi connectivity index (χ0n) is 14.7. The fourth-order valence-corrected chi connectivity index (χ4v) is 6.67. The van der Waals surface area contributed by atoms with Gasteiger partial charge in [-0.3, -0.25) is 4.79 Å². The van der Waals surface area contributed by atoms with Gasteiger partial charge in [0.1, 0.15) is 4.21 Å². The van der Waals surface area contributed by atoms with E-state index in [1.54, 1.807) is 17.5 Å². The van der Waals surface area contributed by atoms with Crippen molar-refractivity contribution in [2.45, 2.75) is 36.4 Å². The number of hydrogen-bond donors (Lipinski definition) is 0. The Morgan fingerprint density at radius 3 is 2.77 bits per heavy atom. The van der Waals surface area contributed by atoms with Crippen LogP contribution >= 0.6 is 11.3 Å². The van der Waals surface area contributed by atoms with Crippen LogP contribution in [0.15, 0.2) is 46.0 Å². The Morgan fingerprint density at radius 1 is 1.19 bits per heavy atom. The van der Waals surface area contributed by atoms with E-state index in [0.29, 0.717) is 17.2 Å². The van der Waals surface area contributed by atoms with E-state index < -0.39 is 10.0 Å². The molecule has 1 amide bonds. The van der Waals surface area contributed by atoms with Crippen LogP contribution in [-0.4, -0.2) is 37.8 Å². The summed E-state index contributed by atoms with van der Waals surface area (Å²) in [5, 5.41) is 1.77. The Hall–Kier alpha value is -1.70. The molecule has 26 heavy (non-hydrogen) atoms. The highest BCUT2D eigenvalue weighted by molar-refractivity contribution is 7.91. The Bertz CT molecular complexity index is 909. The van der Waals surface area contributed by atoms with Crippen molar-refractivity contribution in [3.8, 4) is 0 Å². The van der Waals surface area contributed by atoms with E-state index in [9.17, 15) is 13.2 Å². The predicted octanol–water partition coefficient (Wildman–Crippen LogP) is 3.13. The van der Waals surface area contributed by atoms with Crippen LogP contribution in [-0.2, 0) is 21.2 Å². The molecular weight excluding hydrogens is 368 g/mol. The average molecular weight is 391 g/mol. The van der Waals surface area contributed by atoms with Gasteiger partial charge in [0.05, 0.1) is 5.92 Å². The number of carbonyl (C=O) groups is 1. The molecule has 2 aliphatic rings. The molecule has 2 atom stereocenters. The fourth-order valence-electron chi connectivity index (χ4n) is 4.00. The molecule has 7 heteroatoms. The zero-order valence-corrected chi connectivity index (χ0v) is 16.3. The number of carbonyl (C=O) groups excluding carboxylic acids is 1. The molecule has 1 saturated heterocycles. The van der Waals surface area contributed by atoms with Crippen molar-refractivity contribution in [2.24, 2.45) is 5.92 Å². The van der Waals surface area contributed by atoms with Gasteiger partial charge in [-0.15, -0.1) is 11.3 Å². The van der Waals surface area contributed by atoms with Crippen LogP contribution < -0.4 is 4.90 Å². The van der Waals surface area contributed by atoms with E-state index in [1.165, 1.54) is 21.2 Å². The first-order valence-electron chi connectivity index (χ1n) is 8.93. The molecule has 0 N–H and O–H groups in total. The zero-order chi connectivity index (χ0) is 18.3. The SMILES string of the molecule is C[C@@H]1Cc2ccccc2N1C(=O)[C@@H]1CCCN(S(=O)(=O)c2cccs2)C1. The number of anilines is 1. The van der Waals surface area contributed by atoms with E-state index in [2.05, 4.69) is 13.0 Å². The predicted molar refractivity (Wildman–Crippen MR) is 103 cm³/mol. The molecule has 0 radical (unpaired) electrons. The van der Waals surface area contributed by atoms with Crippen molar-refractivity contribution in [1.82, 2.24) is 4.31 Å². The smallest absolute Gasteiger partial charge is 0.252 e. The first-order chi connectivity index (χ1) is 12.5. The third-order valence-electron chi connectivity index (χ3n) is 5.27. The molecule has 0 aliphatic carbocycles. The molecule has 2 aromatic rings. The largest absolute Gasteiger partial charge is 0.309 e. The van der Waals surface area contributed by atoms with Crippen LogP contribution in [0.2, 0.25) is 0 Å². The van der Waals surface area contributed by atoms with Crippen LogP contribution in [0, 0.1) is 5.92 Å². The molecule has 1 aromatic carbocycles. The van der Waals surface area contributed by atoms with Crippen LogP contribution in [0.5, 0.6) is 0 Å². The summed E-state index contributed by atoms with van der Waals surface area (Å²) in [6.45, 7) is 2.81. The Balaban J connectivity index is 1.56. The molecule has 0 spiro atoms. The highest BCUT2D eigenvalue weighted by Crippen LogP contribution is 2.35. The third kappa shape index (κ3) is 2.98. The summed E-state index contributed by atoms with van der Waals surface area (Å²) in [6.07, 6.45) is 2.30. The normalized spacial score (nSPS) is 23.8. The lowest BCUT2D eigenvalue weighted by atomic mass is 9.97. The summed E-state index contributed by atoms with van der Waals surface area (Å²) in [5.74, 6) is -0.236. The first kappa shape index (κ1) is 17.7. The Labute approximate surface area is 158 Å². The summed E-state index contributed by atoms with van der Waals surface area (Å²) >= 11 is 1.22. The number of hydrogen-bond acceptors (Lipinski definition) is 4. The number of amides is 1. The van der Waals surface area contributed by atoms with Crippen molar-refractivity contribution in [3.63, 3.8) is 0 Å². The monoisotopic (exact) mass is 390 g/mol. The summed E-state index contributed by atoms with van der Waals surface area (Å²) < 4.78 is 27.5. The molecule has 0 bridgehead atoms. The van der Waals surface area contributed by atoms with E-state index in [1.807, 2.05) is 23.1 Å². The number of thiophene rings is 1. The molecule has 4 rings (SSSR count). The summed E-state index contributed by atoms with van der Waals surface area (Å²) in [4.78, 5) is 15.1. The van der Waals surface area contributed by atoms with Gasteiger partial charge in [0.25, 0.3) is 10.0 Å². The number of piperidine rings is 1. The minimum atomic E-state index is -3.50. The first-order valence-corrected chi connectivity index (χ1v) is 11.2. The van der Waals surface area contributed by atoms with Gasteiger partial charge in [0.2, 0.25) is 5.91 Å². The van der Waals surface area contributed by atoms with Crippen LogP contribution in [0.4, 0.5) is 5.69 Å². The van der Waals surface area contributed by atoms with Crippen molar-refractivity contribution < 1.29 is 13.2 Å². The summed E-state index contributed by atoms with van der Waals surface area (Å²) in [6, 6.07) is 11.5. The standard InChI is InChI=1S/C19H22N2O3S2/c1-14-12-15-6-2-3-8-17(15)21(14)19(22)16-7-4-10-20(13-16)26(23,24)18-9-5-11-25-18/h2-3,5-6,8-9,11,14,16H,4,7,10,12-13H2,1H3/t14-,16-/m1/s1. The van der Waals surface area contributed by atoms with E-state index >= 15 is 0 Å². The minimum absolute atomic E-state index is 0.0496. The lowest BCUT2D eigenvalue weighted by Gasteiger charge is -2.34. The number of para-hydroxylation sites is 1. The van der Waals surface area contributed by atoms with Gasteiger partial charge in [0, 0.05) is 24.8 Å². The number of rotatable bonds is 3. The topological polar surface area (TPSA) is 57.7 Å². The molecule has 5 nitrogen and oxygen atoms in total. The van der Waals surface area contributed by atoms with Crippen molar-refractivity contribution in [1.29, 1.82) is 0 Å². The molecular formula is C19H22N2O3S2. The number of fused-ring (bicyclic) bond motifs is 1. The quantitative estimate of drug-likeness (QED) is 0.809. The molecule has 138 valence electrons. The van der Waals surface area contributed by atoms with Gasteiger partial charge in [-0.1, -0.05) is 24.3 Å². The molecule has 1 fully saturated rings. The molecule has 0 saturated carbocycles. The van der Waals surface area contributed by atoms with Gasteiger partial charge in [-0.05, 0) is 49.3 Å².